The molecule has 2 nitrogen and oxygen atoms in total. The van der Waals surface area contributed by atoms with Gasteiger partial charge in [0.15, 0.2) is 0 Å². The van der Waals surface area contributed by atoms with Gasteiger partial charge in [0.1, 0.15) is 11.6 Å². The monoisotopic (exact) mass is 868 g/mol. The summed E-state index contributed by atoms with van der Waals surface area (Å²) in [4.78, 5) is 8.86. The van der Waals surface area contributed by atoms with Crippen LogP contribution in [0.2, 0.25) is 17.3 Å². The minimum Gasteiger partial charge on any atom is -0.302 e. The first-order chi connectivity index (χ1) is 21.8. The molecule has 7 aromatic rings. The van der Waals surface area contributed by atoms with Gasteiger partial charge in [-0.15, -0.1) is 23.8 Å². The van der Waals surface area contributed by atoms with Crippen molar-refractivity contribution in [1.82, 2.24) is 9.97 Å². The van der Waals surface area contributed by atoms with Gasteiger partial charge in [-0.1, -0.05) is 49.6 Å². The van der Waals surface area contributed by atoms with E-state index in [1.165, 1.54) is 21.3 Å². The largest absolute Gasteiger partial charge is 0.302 e. The van der Waals surface area contributed by atoms with Crippen LogP contribution < -0.4 is 4.40 Å². The summed E-state index contributed by atoms with van der Waals surface area (Å²) in [5, 5.41) is 3.45. The second-order valence-corrected chi connectivity index (χ2v) is 24.1. The molecule has 0 aliphatic rings. The number of hydrogen-bond acceptors (Lipinski definition) is 3. The van der Waals surface area contributed by atoms with E-state index in [1.54, 1.807) is 32.0 Å². The molecule has 0 atom stereocenters. The van der Waals surface area contributed by atoms with Gasteiger partial charge in [-0.3, -0.25) is 0 Å². The maximum Gasteiger partial charge on any atom is 0.143 e. The number of rotatable bonds is 4. The molecule has 4 aromatic carbocycles. The predicted molar refractivity (Wildman–Crippen MR) is 189 cm³/mol. The van der Waals surface area contributed by atoms with Crippen molar-refractivity contribution >= 4 is 59.9 Å². The Hall–Kier alpha value is -3.29. The molecule has 0 saturated heterocycles. The summed E-state index contributed by atoms with van der Waals surface area (Å²) < 4.78 is 40.4. The minimum absolute atomic E-state index is 0. The standard InChI is InChI=1S/C24H16F2NS.C15H18GeN.Ir/c1-13(2)18-10-21(27-12-20(18)26)16-8-5-9-17-23-15-7-4-3-6-14(15)19(25)11-22(23)28-24(16)17;1-12-10-15(13-8-6-5-7-9-13)17-11-14(12)16(2,3)4;/h3-7,9-13H,1-2H3;5-8,10-11H,1-4H3;/q2*-1;/i13D;;. The van der Waals surface area contributed by atoms with E-state index in [0.29, 0.717) is 11.1 Å². The zero-order chi connectivity index (χ0) is 32.8. The van der Waals surface area contributed by atoms with Crippen molar-refractivity contribution in [2.75, 3.05) is 0 Å². The molecule has 46 heavy (non-hydrogen) atoms. The second-order valence-electron chi connectivity index (χ2n) is 12.4. The molecule has 0 spiro atoms. The minimum atomic E-state index is -1.77. The number of aromatic nitrogens is 2. The van der Waals surface area contributed by atoms with Crippen LogP contribution in [0.1, 0.15) is 32.2 Å². The summed E-state index contributed by atoms with van der Waals surface area (Å²) in [6.45, 7) is 5.49. The number of pyridine rings is 2. The Kier molecular flexibility index (Phi) is 9.81. The van der Waals surface area contributed by atoms with E-state index in [-0.39, 0.29) is 31.5 Å². The van der Waals surface area contributed by atoms with Crippen LogP contribution >= 0.6 is 11.3 Å². The number of aryl methyl sites for hydroxylation is 1. The van der Waals surface area contributed by atoms with Crippen molar-refractivity contribution in [2.24, 2.45) is 0 Å². The van der Waals surface area contributed by atoms with Crippen LogP contribution in [0.3, 0.4) is 0 Å². The van der Waals surface area contributed by atoms with Gasteiger partial charge in [0.05, 0.1) is 6.20 Å². The molecule has 3 aromatic heterocycles. The van der Waals surface area contributed by atoms with Crippen molar-refractivity contribution < 1.29 is 30.3 Å². The molecule has 7 heteroatoms. The SMILES string of the molecule is Cc1cc(-c2[c-]cccc2)nc[c]1[Ge]([CH3])([CH3])[CH3].[2H]C(C)(C)c1cc(-c2[c-]ccc3c2sc2cc(F)c4ccccc4c23)ncc1F.[Ir]. The quantitative estimate of drug-likeness (QED) is 0.130. The van der Waals surface area contributed by atoms with Gasteiger partial charge < -0.3 is 4.98 Å². The van der Waals surface area contributed by atoms with E-state index >= 15 is 0 Å². The molecule has 0 bridgehead atoms. The number of benzene rings is 4. The molecule has 0 amide bonds. The van der Waals surface area contributed by atoms with Crippen LogP contribution in [0.25, 0.3) is 53.5 Å². The number of halogens is 2. The molecule has 235 valence electrons. The van der Waals surface area contributed by atoms with E-state index < -0.39 is 25.0 Å². The number of thiophene rings is 1. The molecular formula is C39H34F2GeIrN2S-2. The zero-order valence-corrected chi connectivity index (χ0v) is 31.9. The maximum atomic E-state index is 14.6. The second kappa shape index (κ2) is 13.8. The summed E-state index contributed by atoms with van der Waals surface area (Å²) in [5.41, 5.74) is 5.05. The smallest absolute Gasteiger partial charge is 0.143 e. The number of nitrogens with zero attached hydrogens (tertiary/aromatic N) is 2. The van der Waals surface area contributed by atoms with Crippen molar-refractivity contribution in [3.63, 3.8) is 0 Å². The number of hydrogen-bond donors (Lipinski definition) is 0. The molecule has 0 saturated carbocycles. The van der Waals surface area contributed by atoms with Gasteiger partial charge in [0, 0.05) is 31.6 Å². The Bertz CT molecular complexity index is 2220. The fourth-order valence-corrected chi connectivity index (χ4v) is 10.6. The summed E-state index contributed by atoms with van der Waals surface area (Å²) in [6, 6.07) is 31.1. The average molecular weight is 867 g/mol. The fourth-order valence-electron chi connectivity index (χ4n) is 5.75. The number of fused-ring (bicyclic) bond motifs is 5. The summed E-state index contributed by atoms with van der Waals surface area (Å²) in [5.74, 6) is 5.37. The molecule has 7 rings (SSSR count). The first kappa shape index (κ1) is 32.6. The topological polar surface area (TPSA) is 25.8 Å². The van der Waals surface area contributed by atoms with Gasteiger partial charge in [0.25, 0.3) is 0 Å². The van der Waals surface area contributed by atoms with Gasteiger partial charge in [-0.2, -0.15) is 11.3 Å². The third-order valence-electron chi connectivity index (χ3n) is 7.94. The van der Waals surface area contributed by atoms with Crippen LogP contribution in [0, 0.1) is 30.7 Å². The Morgan fingerprint density at radius 2 is 1.52 bits per heavy atom. The summed E-state index contributed by atoms with van der Waals surface area (Å²) >= 11 is -0.295. The van der Waals surface area contributed by atoms with Crippen LogP contribution in [0.5, 0.6) is 0 Å². The fraction of sp³-hybridized carbons (Fsp3) is 0.179. The molecule has 0 aliphatic heterocycles. The Labute approximate surface area is 291 Å². The van der Waals surface area contributed by atoms with E-state index in [1.807, 2.05) is 48.5 Å². The van der Waals surface area contributed by atoms with Crippen LogP contribution in [-0.4, -0.2) is 23.2 Å². The molecule has 0 fully saturated rings. The van der Waals surface area contributed by atoms with E-state index in [4.69, 9.17) is 1.37 Å². The first-order valence-electron chi connectivity index (χ1n) is 15.4. The molecule has 0 N–H and O–H groups in total. The summed E-state index contributed by atoms with van der Waals surface area (Å²) in [7, 11) is 0. The van der Waals surface area contributed by atoms with Crippen LogP contribution in [0.15, 0.2) is 91.3 Å². The van der Waals surface area contributed by atoms with Crippen LogP contribution in [-0.2, 0) is 20.1 Å². The van der Waals surface area contributed by atoms with Crippen molar-refractivity contribution in [2.45, 2.75) is 43.9 Å². The summed E-state index contributed by atoms with van der Waals surface area (Å²) in [6.07, 6.45) is 3.24. The van der Waals surface area contributed by atoms with Crippen LogP contribution in [0.4, 0.5) is 8.78 Å². The average Bonchev–Trinajstić information content (AvgIpc) is 3.39. The first-order valence-corrected chi connectivity index (χ1v) is 23.0. The van der Waals surface area contributed by atoms with Crippen molar-refractivity contribution in [3.8, 4) is 22.5 Å². The van der Waals surface area contributed by atoms with E-state index in [9.17, 15) is 8.78 Å². The van der Waals surface area contributed by atoms with E-state index in [0.717, 1.165) is 48.6 Å². The molecular weight excluding hydrogens is 831 g/mol. The van der Waals surface area contributed by atoms with Crippen molar-refractivity contribution in [3.05, 3.63) is 126 Å². The van der Waals surface area contributed by atoms with Gasteiger partial charge >= 0.3 is 106 Å². The normalized spacial score (nSPS) is 12.0. The molecule has 0 unspecified atom stereocenters. The Morgan fingerprint density at radius 3 is 2.20 bits per heavy atom. The van der Waals surface area contributed by atoms with Gasteiger partial charge in [-0.05, 0) is 38.7 Å². The Balaban J connectivity index is 0.000000207. The van der Waals surface area contributed by atoms with Gasteiger partial charge in [-0.25, -0.2) is 8.78 Å². The molecule has 3 heterocycles. The third-order valence-corrected chi connectivity index (χ3v) is 13.6. The molecule has 1 radical (unpaired) electrons. The zero-order valence-electron chi connectivity index (χ0n) is 27.6. The van der Waals surface area contributed by atoms with E-state index in [2.05, 4.69) is 64.6 Å². The predicted octanol–water partition coefficient (Wildman–Crippen LogP) is 10.9. The van der Waals surface area contributed by atoms with Crippen molar-refractivity contribution in [1.29, 1.82) is 0 Å². The molecule has 0 aliphatic carbocycles. The maximum absolute atomic E-state index is 14.6. The van der Waals surface area contributed by atoms with Gasteiger partial charge in [0.2, 0.25) is 0 Å². The Morgan fingerprint density at radius 1 is 0.804 bits per heavy atom. The third kappa shape index (κ3) is 6.72.